The Hall–Kier alpha value is -7.53. The molecule has 340 valence electrons. The number of likely N-dealkylation sites (N-methyl/N-ethyl adjacent to an activating group) is 2. The molecule has 0 aliphatic heterocycles. The van der Waals surface area contributed by atoms with E-state index < -0.39 is 35.7 Å². The lowest BCUT2D eigenvalue weighted by atomic mass is 9.87. The molecule has 6 aromatic rings. The van der Waals surface area contributed by atoms with Gasteiger partial charge in [0, 0.05) is 63.0 Å². The van der Waals surface area contributed by atoms with Crippen LogP contribution in [0.2, 0.25) is 0 Å². The molecular weight excluding hydrogens is 829 g/mol. The van der Waals surface area contributed by atoms with Crippen LogP contribution >= 0.6 is 0 Å². The number of methoxy groups -OCH3 is 2. The Kier molecular flexibility index (Phi) is 17.4. The molecule has 0 saturated carbocycles. The highest BCUT2D eigenvalue weighted by molar-refractivity contribution is 6.01. The van der Waals surface area contributed by atoms with E-state index in [1.54, 1.807) is 76.8 Å². The molecule has 0 unspecified atom stereocenters. The van der Waals surface area contributed by atoms with Crippen molar-refractivity contribution in [3.05, 3.63) is 192 Å². The number of ether oxygens (including phenoxy) is 2. The highest BCUT2D eigenvalue weighted by atomic mass is 16.5. The molecule has 66 heavy (non-hydrogen) atoms. The Labute approximate surface area is 387 Å². The SMILES string of the molecule is COc1ccc(N(C)C(=O)[C@H](Cc2ccccc2)NC(=O)[C@@H](CC(=O)C[C@@H](Cc2ccccc2)C(=O)N[C@@H](Cc2ccccc2)C(=O)N(C)c2ccc(OC)cc2)Cc2ccccc2)cc1. The van der Waals surface area contributed by atoms with E-state index in [0.717, 1.165) is 22.3 Å². The van der Waals surface area contributed by atoms with E-state index in [1.165, 1.54) is 9.80 Å². The number of rotatable bonds is 22. The highest BCUT2D eigenvalue weighted by Gasteiger charge is 2.33. The standard InChI is InChI=1S/C55H58N4O7/c1-58(45-25-29-48(65-3)30-26-45)54(63)50(35-41-21-13-7-14-22-41)56-52(61)43(33-39-17-9-5-10-18-39)37-47(60)38-44(34-40-19-11-6-12-20-40)53(62)57-51(36-42-23-15-8-16-24-42)55(64)59(2)46-27-31-49(66-4)32-28-46/h5-32,43-44,50-51H,33-38H2,1-4H3,(H,56,61)(H,57,62)/t43-,44-,50+,51+/m1/s1. The van der Waals surface area contributed by atoms with Gasteiger partial charge in [0.2, 0.25) is 23.6 Å². The molecule has 0 aromatic heterocycles. The van der Waals surface area contributed by atoms with Gasteiger partial charge >= 0.3 is 0 Å². The van der Waals surface area contributed by atoms with Crippen molar-refractivity contribution in [2.75, 3.05) is 38.1 Å². The lowest BCUT2D eigenvalue weighted by Gasteiger charge is -2.28. The van der Waals surface area contributed by atoms with Crippen LogP contribution in [-0.4, -0.2) is 69.8 Å². The van der Waals surface area contributed by atoms with E-state index in [0.29, 0.717) is 22.9 Å². The summed E-state index contributed by atoms with van der Waals surface area (Å²) < 4.78 is 10.6. The number of amides is 4. The Morgan fingerprint density at radius 1 is 0.424 bits per heavy atom. The van der Waals surface area contributed by atoms with Gasteiger partial charge in [0.05, 0.1) is 14.2 Å². The van der Waals surface area contributed by atoms with E-state index in [2.05, 4.69) is 10.6 Å². The van der Waals surface area contributed by atoms with Crippen LogP contribution < -0.4 is 29.9 Å². The molecule has 11 heteroatoms. The molecule has 0 saturated heterocycles. The van der Waals surface area contributed by atoms with Crippen LogP contribution in [-0.2, 0) is 49.7 Å². The maximum atomic E-state index is 14.6. The van der Waals surface area contributed by atoms with Crippen LogP contribution in [0.5, 0.6) is 11.5 Å². The number of carbonyl (C=O) groups is 5. The fraction of sp³-hybridized carbons (Fsp3) is 0.255. The summed E-state index contributed by atoms with van der Waals surface area (Å²) in [5.74, 6) is -2.34. The van der Waals surface area contributed by atoms with Gasteiger partial charge in [0.25, 0.3) is 0 Å². The zero-order chi connectivity index (χ0) is 46.8. The van der Waals surface area contributed by atoms with E-state index in [-0.39, 0.29) is 56.1 Å². The number of nitrogens with one attached hydrogen (secondary N) is 2. The average Bonchev–Trinajstić information content (AvgIpc) is 3.36. The predicted octanol–water partition coefficient (Wildman–Crippen LogP) is 7.85. The largest absolute Gasteiger partial charge is 0.497 e. The number of benzene rings is 6. The van der Waals surface area contributed by atoms with Crippen molar-refractivity contribution in [3.63, 3.8) is 0 Å². The summed E-state index contributed by atoms with van der Waals surface area (Å²) in [6.07, 6.45) is 0.500. The van der Waals surface area contributed by atoms with Crippen molar-refractivity contribution < 1.29 is 33.4 Å². The van der Waals surface area contributed by atoms with Gasteiger partial charge in [-0.25, -0.2) is 0 Å². The molecule has 0 bridgehead atoms. The van der Waals surface area contributed by atoms with Gasteiger partial charge < -0.3 is 29.9 Å². The maximum Gasteiger partial charge on any atom is 0.249 e. The second-order valence-electron chi connectivity index (χ2n) is 16.4. The van der Waals surface area contributed by atoms with Gasteiger partial charge in [0.1, 0.15) is 29.4 Å². The smallest absolute Gasteiger partial charge is 0.249 e. The zero-order valence-corrected chi connectivity index (χ0v) is 38.0. The number of Topliss-reactive ketones (excluding diaryl/α,β-unsaturated/α-hetero) is 1. The first-order chi connectivity index (χ1) is 32.0. The number of anilines is 2. The third-order valence-corrected chi connectivity index (χ3v) is 11.7. The number of carbonyl (C=O) groups excluding carboxylic acids is 5. The minimum atomic E-state index is -0.966. The fourth-order valence-corrected chi connectivity index (χ4v) is 7.96. The Balaban J connectivity index is 1.25. The summed E-state index contributed by atoms with van der Waals surface area (Å²) in [4.78, 5) is 75.1. The van der Waals surface area contributed by atoms with Crippen LogP contribution in [0.3, 0.4) is 0 Å². The van der Waals surface area contributed by atoms with Crippen molar-refractivity contribution >= 4 is 40.8 Å². The molecule has 0 heterocycles. The van der Waals surface area contributed by atoms with E-state index >= 15 is 0 Å². The Bertz CT molecular complexity index is 2310. The maximum absolute atomic E-state index is 14.6. The number of hydrogen-bond donors (Lipinski definition) is 2. The van der Waals surface area contributed by atoms with Gasteiger partial charge in [-0.15, -0.1) is 0 Å². The van der Waals surface area contributed by atoms with Gasteiger partial charge in [0.15, 0.2) is 0 Å². The van der Waals surface area contributed by atoms with Gasteiger partial charge in [-0.1, -0.05) is 121 Å². The van der Waals surface area contributed by atoms with Crippen LogP contribution in [0.25, 0.3) is 0 Å². The quantitative estimate of drug-likeness (QED) is 0.0710. The molecule has 0 aliphatic rings. The molecule has 11 nitrogen and oxygen atoms in total. The van der Waals surface area contributed by atoms with Crippen LogP contribution in [0.4, 0.5) is 11.4 Å². The average molecular weight is 887 g/mol. The lowest BCUT2D eigenvalue weighted by Crippen LogP contribution is -2.51. The van der Waals surface area contributed by atoms with Crippen LogP contribution in [0, 0.1) is 11.8 Å². The predicted molar refractivity (Wildman–Crippen MR) is 258 cm³/mol. The summed E-state index contributed by atoms with van der Waals surface area (Å²) in [6, 6.07) is 49.9. The monoisotopic (exact) mass is 886 g/mol. The molecule has 0 fully saturated rings. The van der Waals surface area contributed by atoms with Crippen molar-refractivity contribution in [3.8, 4) is 11.5 Å². The molecule has 4 atom stereocenters. The molecule has 6 aromatic carbocycles. The fourth-order valence-electron chi connectivity index (χ4n) is 7.96. The van der Waals surface area contributed by atoms with E-state index in [9.17, 15) is 24.0 Å². The van der Waals surface area contributed by atoms with Crippen molar-refractivity contribution in [2.24, 2.45) is 11.8 Å². The lowest BCUT2D eigenvalue weighted by molar-refractivity contribution is -0.134. The summed E-state index contributed by atoms with van der Waals surface area (Å²) in [5, 5.41) is 6.07. The van der Waals surface area contributed by atoms with Crippen LogP contribution in [0.15, 0.2) is 170 Å². The summed E-state index contributed by atoms with van der Waals surface area (Å²) >= 11 is 0. The number of hydrogen-bond acceptors (Lipinski definition) is 7. The summed E-state index contributed by atoms with van der Waals surface area (Å²) in [6.45, 7) is 0. The van der Waals surface area contributed by atoms with Crippen molar-refractivity contribution in [1.82, 2.24) is 10.6 Å². The Morgan fingerprint density at radius 3 is 1.00 bits per heavy atom. The van der Waals surface area contributed by atoms with Crippen molar-refractivity contribution in [2.45, 2.75) is 50.6 Å². The molecule has 0 aliphatic carbocycles. The third kappa shape index (κ3) is 13.7. The van der Waals surface area contributed by atoms with E-state index in [1.807, 2.05) is 121 Å². The first-order valence-corrected chi connectivity index (χ1v) is 22.1. The summed E-state index contributed by atoms with van der Waals surface area (Å²) in [5.41, 5.74) is 4.62. The normalized spacial score (nSPS) is 12.7. The van der Waals surface area contributed by atoms with Gasteiger partial charge in [-0.05, 0) is 83.6 Å². The molecule has 4 amide bonds. The topological polar surface area (TPSA) is 134 Å². The van der Waals surface area contributed by atoms with Crippen LogP contribution in [0.1, 0.15) is 35.1 Å². The molecule has 2 N–H and O–H groups in total. The number of ketones is 1. The van der Waals surface area contributed by atoms with Gasteiger partial charge in [-0.2, -0.15) is 0 Å². The third-order valence-electron chi connectivity index (χ3n) is 11.7. The zero-order valence-electron chi connectivity index (χ0n) is 38.0. The minimum Gasteiger partial charge on any atom is -0.497 e. The first kappa shape index (κ1) is 47.9. The first-order valence-electron chi connectivity index (χ1n) is 22.1. The second kappa shape index (κ2) is 24.0. The molecule has 0 radical (unpaired) electrons. The van der Waals surface area contributed by atoms with Gasteiger partial charge in [-0.3, -0.25) is 24.0 Å². The molecular formula is C55H58N4O7. The van der Waals surface area contributed by atoms with E-state index in [4.69, 9.17) is 9.47 Å². The summed E-state index contributed by atoms with van der Waals surface area (Å²) in [7, 11) is 6.46. The second-order valence-corrected chi connectivity index (χ2v) is 16.4. The highest BCUT2D eigenvalue weighted by Crippen LogP contribution is 2.24. The van der Waals surface area contributed by atoms with Crippen molar-refractivity contribution in [1.29, 1.82) is 0 Å². The Morgan fingerprint density at radius 2 is 0.712 bits per heavy atom. The minimum absolute atomic E-state index is 0.188. The number of nitrogens with zero attached hydrogens (tertiary/aromatic N) is 2. The molecule has 6 rings (SSSR count). The molecule has 0 spiro atoms.